The van der Waals surface area contributed by atoms with Crippen molar-refractivity contribution >= 4 is 29.8 Å². The summed E-state index contributed by atoms with van der Waals surface area (Å²) in [5.74, 6) is -1.25. The number of hydrogen-bond donors (Lipinski definition) is 4. The number of phenols is 1. The van der Waals surface area contributed by atoms with Gasteiger partial charge >= 0.3 is 6.18 Å². The molecular formula is C26H27F3N4O5. The average molecular weight is 533 g/mol. The highest BCUT2D eigenvalue weighted by molar-refractivity contribution is 6.05. The summed E-state index contributed by atoms with van der Waals surface area (Å²) >= 11 is 0. The molecule has 1 saturated heterocycles. The SMILES string of the molecule is CNc1cccc(C2(C(F)(F)F)CC2)c1.O=CNCc1ccc2c(c1O)CN(C1CCC(=O)NC1=O)C2=O. The number of amides is 4. The van der Waals surface area contributed by atoms with Crippen LogP contribution in [0.3, 0.4) is 0 Å². The molecule has 3 aliphatic rings. The van der Waals surface area contributed by atoms with Crippen LogP contribution in [0.25, 0.3) is 0 Å². The lowest BCUT2D eigenvalue weighted by Gasteiger charge is -2.29. The number of carbonyl (C=O) groups is 4. The van der Waals surface area contributed by atoms with Crippen molar-refractivity contribution in [2.24, 2.45) is 0 Å². The van der Waals surface area contributed by atoms with E-state index in [-0.39, 0.29) is 56.3 Å². The molecule has 38 heavy (non-hydrogen) atoms. The summed E-state index contributed by atoms with van der Waals surface area (Å²) in [4.78, 5) is 47.4. The molecule has 4 amide bonds. The van der Waals surface area contributed by atoms with E-state index in [2.05, 4.69) is 16.0 Å². The fourth-order valence-corrected chi connectivity index (χ4v) is 4.80. The number of halogens is 3. The van der Waals surface area contributed by atoms with Crippen LogP contribution < -0.4 is 16.0 Å². The molecule has 0 spiro atoms. The minimum Gasteiger partial charge on any atom is -0.507 e. The molecule has 0 aromatic heterocycles. The second kappa shape index (κ2) is 10.3. The molecule has 1 atom stereocenters. The van der Waals surface area contributed by atoms with Crippen LogP contribution in [0.5, 0.6) is 5.75 Å². The average Bonchev–Trinajstić information content (AvgIpc) is 3.65. The molecule has 2 fully saturated rings. The number of piperidine rings is 1. The van der Waals surface area contributed by atoms with Gasteiger partial charge in [0.15, 0.2) is 0 Å². The second-order valence-electron chi connectivity index (χ2n) is 9.41. The number of alkyl halides is 3. The van der Waals surface area contributed by atoms with Crippen molar-refractivity contribution in [1.29, 1.82) is 0 Å². The smallest absolute Gasteiger partial charge is 0.398 e. The Labute approximate surface area is 216 Å². The van der Waals surface area contributed by atoms with Crippen molar-refractivity contribution < 1.29 is 37.5 Å². The first-order valence-electron chi connectivity index (χ1n) is 12.0. The number of hydrogen-bond acceptors (Lipinski definition) is 6. The predicted molar refractivity (Wildman–Crippen MR) is 130 cm³/mol. The lowest BCUT2D eigenvalue weighted by molar-refractivity contribution is -0.160. The van der Waals surface area contributed by atoms with E-state index in [1.165, 1.54) is 4.90 Å². The van der Waals surface area contributed by atoms with Crippen LogP contribution in [0, 0.1) is 0 Å². The highest BCUT2D eigenvalue weighted by Gasteiger charge is 2.64. The van der Waals surface area contributed by atoms with Gasteiger partial charge in [0.25, 0.3) is 5.91 Å². The summed E-state index contributed by atoms with van der Waals surface area (Å²) in [5.41, 5.74) is 0.797. The molecule has 1 unspecified atom stereocenters. The molecule has 0 bridgehead atoms. The van der Waals surface area contributed by atoms with Gasteiger partial charge in [-0.15, -0.1) is 0 Å². The van der Waals surface area contributed by atoms with Crippen LogP contribution in [0.2, 0.25) is 0 Å². The van der Waals surface area contributed by atoms with Gasteiger partial charge in [-0.05, 0) is 43.0 Å². The number of anilines is 1. The van der Waals surface area contributed by atoms with Gasteiger partial charge in [0.1, 0.15) is 11.8 Å². The maximum atomic E-state index is 12.8. The van der Waals surface area contributed by atoms with Crippen LogP contribution in [0.1, 0.15) is 52.7 Å². The Kier molecular flexibility index (Phi) is 7.34. The molecule has 0 radical (unpaired) electrons. The van der Waals surface area contributed by atoms with Gasteiger partial charge < -0.3 is 20.6 Å². The van der Waals surface area contributed by atoms with Crippen LogP contribution in [0.4, 0.5) is 18.9 Å². The summed E-state index contributed by atoms with van der Waals surface area (Å²) in [6.07, 6.45) is -2.73. The fraction of sp³-hybridized carbons (Fsp3) is 0.385. The zero-order valence-corrected chi connectivity index (χ0v) is 20.5. The molecular weight excluding hydrogens is 505 g/mol. The first-order valence-corrected chi connectivity index (χ1v) is 12.0. The molecule has 5 rings (SSSR count). The quantitative estimate of drug-likeness (QED) is 0.335. The Bertz CT molecular complexity index is 1280. The van der Waals surface area contributed by atoms with Crippen LogP contribution in [0.15, 0.2) is 36.4 Å². The monoisotopic (exact) mass is 532 g/mol. The van der Waals surface area contributed by atoms with Crippen molar-refractivity contribution in [2.45, 2.75) is 56.4 Å². The number of fused-ring (bicyclic) bond motifs is 1. The Morgan fingerprint density at radius 3 is 2.53 bits per heavy atom. The van der Waals surface area contributed by atoms with E-state index in [9.17, 15) is 37.5 Å². The van der Waals surface area contributed by atoms with Crippen LogP contribution in [-0.2, 0) is 32.9 Å². The minimum absolute atomic E-state index is 0.0556. The van der Waals surface area contributed by atoms with Gasteiger partial charge in [0.05, 0.1) is 12.0 Å². The van der Waals surface area contributed by atoms with E-state index in [1.807, 2.05) is 0 Å². The molecule has 202 valence electrons. The molecule has 4 N–H and O–H groups in total. The lowest BCUT2D eigenvalue weighted by atomic mass is 9.95. The number of nitrogens with zero attached hydrogens (tertiary/aromatic N) is 1. The highest BCUT2D eigenvalue weighted by atomic mass is 19.4. The third kappa shape index (κ3) is 5.02. The molecule has 2 aromatic rings. The van der Waals surface area contributed by atoms with Gasteiger partial charge in [-0.2, -0.15) is 13.2 Å². The number of imide groups is 1. The fourth-order valence-electron chi connectivity index (χ4n) is 4.80. The Morgan fingerprint density at radius 2 is 1.92 bits per heavy atom. The zero-order valence-electron chi connectivity index (χ0n) is 20.5. The Balaban J connectivity index is 0.000000194. The third-order valence-electron chi connectivity index (χ3n) is 7.14. The maximum Gasteiger partial charge on any atom is 0.398 e. The summed E-state index contributed by atoms with van der Waals surface area (Å²) in [6, 6.07) is 8.98. The van der Waals surface area contributed by atoms with E-state index in [0.717, 1.165) is 5.69 Å². The Morgan fingerprint density at radius 1 is 1.18 bits per heavy atom. The van der Waals surface area contributed by atoms with E-state index in [0.29, 0.717) is 28.7 Å². The van der Waals surface area contributed by atoms with E-state index in [4.69, 9.17) is 0 Å². The van der Waals surface area contributed by atoms with Gasteiger partial charge in [0.2, 0.25) is 18.2 Å². The lowest BCUT2D eigenvalue weighted by Crippen LogP contribution is -2.52. The normalized spacial score (nSPS) is 19.6. The van der Waals surface area contributed by atoms with Crippen molar-refractivity contribution in [1.82, 2.24) is 15.5 Å². The predicted octanol–water partition coefficient (Wildman–Crippen LogP) is 2.72. The topological polar surface area (TPSA) is 128 Å². The molecule has 2 aliphatic heterocycles. The van der Waals surface area contributed by atoms with E-state index in [1.54, 1.807) is 43.4 Å². The largest absolute Gasteiger partial charge is 0.507 e. The Hall–Kier alpha value is -4.09. The summed E-state index contributed by atoms with van der Waals surface area (Å²) in [6.45, 7) is 0.246. The minimum atomic E-state index is -4.13. The van der Waals surface area contributed by atoms with Crippen molar-refractivity contribution in [3.8, 4) is 5.75 Å². The molecule has 9 nitrogen and oxygen atoms in total. The first-order chi connectivity index (χ1) is 18.0. The zero-order chi connectivity index (χ0) is 27.7. The molecule has 1 saturated carbocycles. The molecule has 2 aromatic carbocycles. The standard InChI is InChI=1S/C15H15N3O5.C11H12F3N/c19-7-16-5-8-1-2-9-10(13(8)21)6-18(15(9)23)11-3-4-12(20)17-14(11)22;1-15-9-4-2-3-8(7-9)10(5-6-10)11(12,13)14/h1-2,7,11,21H,3-6H2,(H,16,19)(H,17,20,22);2-4,7,15H,5-6H2,1H3. The van der Waals surface area contributed by atoms with Crippen LogP contribution >= 0.6 is 0 Å². The summed E-state index contributed by atoms with van der Waals surface area (Å²) < 4.78 is 38.4. The number of aromatic hydroxyl groups is 1. The number of phenolic OH excluding ortho intramolecular Hbond substituents is 1. The van der Waals surface area contributed by atoms with E-state index < -0.39 is 23.5 Å². The highest BCUT2D eigenvalue weighted by Crippen LogP contribution is 2.59. The summed E-state index contributed by atoms with van der Waals surface area (Å²) in [7, 11) is 1.70. The van der Waals surface area contributed by atoms with Gasteiger partial charge in [-0.1, -0.05) is 18.2 Å². The van der Waals surface area contributed by atoms with Crippen LogP contribution in [-0.4, -0.2) is 53.4 Å². The van der Waals surface area contributed by atoms with Crippen molar-refractivity contribution in [3.63, 3.8) is 0 Å². The summed E-state index contributed by atoms with van der Waals surface area (Å²) in [5, 5.41) is 17.8. The molecule has 2 heterocycles. The third-order valence-corrected chi connectivity index (χ3v) is 7.14. The first kappa shape index (κ1) is 27.0. The molecule has 1 aliphatic carbocycles. The van der Waals surface area contributed by atoms with E-state index >= 15 is 0 Å². The van der Waals surface area contributed by atoms with Gasteiger partial charge in [-0.25, -0.2) is 0 Å². The number of carbonyl (C=O) groups excluding carboxylic acids is 4. The number of benzene rings is 2. The van der Waals surface area contributed by atoms with Gasteiger partial charge in [-0.3, -0.25) is 24.5 Å². The number of rotatable bonds is 6. The molecule has 12 heteroatoms. The van der Waals surface area contributed by atoms with Gasteiger partial charge in [0, 0.05) is 42.4 Å². The maximum absolute atomic E-state index is 12.8. The second-order valence-corrected chi connectivity index (χ2v) is 9.41. The van der Waals surface area contributed by atoms with Crippen molar-refractivity contribution in [3.05, 3.63) is 58.7 Å². The number of nitrogens with one attached hydrogen (secondary N) is 3. The van der Waals surface area contributed by atoms with Crippen molar-refractivity contribution in [2.75, 3.05) is 12.4 Å².